The van der Waals surface area contributed by atoms with E-state index < -0.39 is 68.3 Å². The summed E-state index contributed by atoms with van der Waals surface area (Å²) in [5.41, 5.74) is 0. The van der Waals surface area contributed by atoms with Gasteiger partial charge in [0.25, 0.3) is 0 Å². The molecule has 2 heterocycles. The Morgan fingerprint density at radius 2 is 1.45 bits per heavy atom. The fourth-order valence-electron chi connectivity index (χ4n) is 2.51. The molecule has 2 aliphatic rings. The molecule has 0 amide bonds. The van der Waals surface area contributed by atoms with E-state index in [1.807, 2.05) is 0 Å². The Bertz CT molecular complexity index is 351. The molecule has 0 aromatic rings. The Morgan fingerprint density at radius 3 is 2.05 bits per heavy atom. The van der Waals surface area contributed by atoms with E-state index in [9.17, 15) is 30.6 Å². The zero-order valence-electron chi connectivity index (χ0n) is 11.7. The molecule has 10 heteroatoms. The summed E-state index contributed by atoms with van der Waals surface area (Å²) in [5, 5.41) is 67.0. The maximum Gasteiger partial charge on any atom is 0.187 e. The molecule has 7 unspecified atom stereocenters. The van der Waals surface area contributed by atoms with Crippen molar-refractivity contribution in [3.05, 3.63) is 0 Å². The summed E-state index contributed by atoms with van der Waals surface area (Å²) in [4.78, 5) is 0. The molecule has 2 rings (SSSR count). The van der Waals surface area contributed by atoms with Crippen LogP contribution in [0.15, 0.2) is 0 Å². The topological polar surface area (TPSA) is 169 Å². The van der Waals surface area contributed by atoms with Crippen molar-refractivity contribution in [2.45, 2.75) is 55.1 Å². The predicted molar refractivity (Wildman–Crippen MR) is 67.5 cm³/mol. The van der Waals surface area contributed by atoms with Gasteiger partial charge in [-0.1, -0.05) is 0 Å². The second-order valence-corrected chi connectivity index (χ2v) is 5.41. The Kier molecular flexibility index (Phi) is 6.07. The van der Waals surface area contributed by atoms with Gasteiger partial charge in [0.05, 0.1) is 19.8 Å². The van der Waals surface area contributed by atoms with Gasteiger partial charge in [-0.3, -0.25) is 0 Å². The first-order chi connectivity index (χ1) is 10.4. The Balaban J connectivity index is 2.09. The molecule has 7 N–H and O–H groups in total. The van der Waals surface area contributed by atoms with Crippen molar-refractivity contribution in [1.82, 2.24) is 0 Å². The highest BCUT2D eigenvalue weighted by Gasteiger charge is 2.48. The Labute approximate surface area is 126 Å². The van der Waals surface area contributed by atoms with Gasteiger partial charge in [0.2, 0.25) is 0 Å². The van der Waals surface area contributed by atoms with Gasteiger partial charge < -0.3 is 50.0 Å². The van der Waals surface area contributed by atoms with Crippen LogP contribution in [0.1, 0.15) is 0 Å². The lowest BCUT2D eigenvalue weighted by molar-refractivity contribution is -0.336. The normalized spacial score (nSPS) is 50.0. The summed E-state index contributed by atoms with van der Waals surface area (Å²) >= 11 is 0. The van der Waals surface area contributed by atoms with E-state index in [1.165, 1.54) is 0 Å². The van der Waals surface area contributed by atoms with Crippen molar-refractivity contribution >= 4 is 0 Å². The minimum absolute atomic E-state index is 0.194. The predicted octanol–water partition coefficient (Wildman–Crippen LogP) is -4.72. The van der Waals surface area contributed by atoms with Crippen LogP contribution in [0, 0.1) is 0 Å². The molecule has 2 aliphatic heterocycles. The molecule has 22 heavy (non-hydrogen) atoms. The molecular weight excluding hydrogens is 304 g/mol. The first kappa shape index (κ1) is 17.9. The van der Waals surface area contributed by atoms with Crippen LogP contribution in [0.5, 0.6) is 0 Å². The highest BCUT2D eigenvalue weighted by molar-refractivity contribution is 4.92. The molecule has 0 radical (unpaired) electrons. The van der Waals surface area contributed by atoms with Crippen LogP contribution in [-0.2, 0) is 14.2 Å². The Morgan fingerprint density at radius 1 is 0.818 bits per heavy atom. The van der Waals surface area contributed by atoms with Gasteiger partial charge in [-0.25, -0.2) is 0 Å². The van der Waals surface area contributed by atoms with Crippen LogP contribution in [0.3, 0.4) is 0 Å². The third-order valence-electron chi connectivity index (χ3n) is 3.90. The van der Waals surface area contributed by atoms with Gasteiger partial charge in [0.15, 0.2) is 6.29 Å². The zero-order chi connectivity index (χ0) is 16.4. The maximum absolute atomic E-state index is 9.93. The lowest BCUT2D eigenvalue weighted by atomic mass is 9.97. The van der Waals surface area contributed by atoms with Crippen molar-refractivity contribution in [3.8, 4) is 0 Å². The smallest absolute Gasteiger partial charge is 0.187 e. The second-order valence-electron chi connectivity index (χ2n) is 5.41. The molecular formula is C12H22O10. The molecule has 9 atom stereocenters. The molecule has 2 saturated heterocycles. The molecule has 0 aromatic heterocycles. The fraction of sp³-hybridized carbons (Fsp3) is 1.00. The van der Waals surface area contributed by atoms with Crippen LogP contribution >= 0.6 is 0 Å². The van der Waals surface area contributed by atoms with Crippen molar-refractivity contribution in [2.75, 3.05) is 19.8 Å². The fourth-order valence-corrected chi connectivity index (χ4v) is 2.51. The molecule has 0 spiro atoms. The monoisotopic (exact) mass is 326 g/mol. The maximum atomic E-state index is 9.93. The average molecular weight is 326 g/mol. The van der Waals surface area contributed by atoms with E-state index in [4.69, 9.17) is 19.3 Å². The van der Waals surface area contributed by atoms with Crippen LogP contribution in [0.2, 0.25) is 0 Å². The van der Waals surface area contributed by atoms with Crippen LogP contribution in [0.25, 0.3) is 0 Å². The average Bonchev–Trinajstić information content (AvgIpc) is 2.52. The highest BCUT2D eigenvalue weighted by Crippen LogP contribution is 2.27. The molecule has 0 aliphatic carbocycles. The summed E-state index contributed by atoms with van der Waals surface area (Å²) in [7, 11) is 0. The third-order valence-corrected chi connectivity index (χ3v) is 3.90. The number of ether oxygens (including phenoxy) is 3. The summed E-state index contributed by atoms with van der Waals surface area (Å²) < 4.78 is 15.6. The third kappa shape index (κ3) is 3.41. The van der Waals surface area contributed by atoms with E-state index >= 15 is 0 Å². The van der Waals surface area contributed by atoms with Gasteiger partial charge in [-0.15, -0.1) is 0 Å². The van der Waals surface area contributed by atoms with Gasteiger partial charge >= 0.3 is 0 Å². The minimum atomic E-state index is -1.65. The van der Waals surface area contributed by atoms with Crippen molar-refractivity contribution in [3.63, 3.8) is 0 Å². The first-order valence-corrected chi connectivity index (χ1v) is 6.95. The van der Waals surface area contributed by atoms with Gasteiger partial charge in [0.1, 0.15) is 48.8 Å². The first-order valence-electron chi connectivity index (χ1n) is 6.95. The van der Waals surface area contributed by atoms with Gasteiger partial charge in [-0.05, 0) is 0 Å². The minimum Gasteiger partial charge on any atom is -0.394 e. The number of aliphatic hydroxyl groups is 7. The quantitative estimate of drug-likeness (QED) is 0.266. The summed E-state index contributed by atoms with van der Waals surface area (Å²) in [5.74, 6) is 0. The van der Waals surface area contributed by atoms with Crippen LogP contribution < -0.4 is 0 Å². The van der Waals surface area contributed by atoms with Crippen LogP contribution in [-0.4, -0.2) is 111 Å². The number of rotatable bonds is 4. The molecule has 2 fully saturated rings. The summed E-state index contributed by atoms with van der Waals surface area (Å²) in [6, 6.07) is 0. The van der Waals surface area contributed by atoms with E-state index in [0.717, 1.165) is 0 Å². The number of aliphatic hydroxyl groups excluding tert-OH is 7. The highest BCUT2D eigenvalue weighted by atomic mass is 16.7. The van der Waals surface area contributed by atoms with Gasteiger partial charge in [0, 0.05) is 0 Å². The van der Waals surface area contributed by atoms with Crippen molar-refractivity contribution in [1.29, 1.82) is 0 Å². The summed E-state index contributed by atoms with van der Waals surface area (Å²) in [6.07, 6.45) is -12.3. The van der Waals surface area contributed by atoms with Gasteiger partial charge in [-0.2, -0.15) is 0 Å². The van der Waals surface area contributed by atoms with E-state index in [-0.39, 0.29) is 6.61 Å². The van der Waals surface area contributed by atoms with E-state index in [1.54, 1.807) is 0 Å². The molecule has 0 aromatic carbocycles. The largest absolute Gasteiger partial charge is 0.394 e. The Hall–Kier alpha value is -0.400. The lowest BCUT2D eigenvalue weighted by Gasteiger charge is -2.44. The van der Waals surface area contributed by atoms with E-state index in [2.05, 4.69) is 0 Å². The van der Waals surface area contributed by atoms with Crippen molar-refractivity contribution < 1.29 is 50.0 Å². The molecule has 10 nitrogen and oxygen atoms in total. The van der Waals surface area contributed by atoms with E-state index in [0.29, 0.717) is 0 Å². The zero-order valence-corrected chi connectivity index (χ0v) is 11.7. The van der Waals surface area contributed by atoms with Crippen LogP contribution in [0.4, 0.5) is 0 Å². The standard InChI is InChI=1S/C12H22O10/c13-1-5-8(17)9(18)10(19)12(21-5)22-11-6(2-14)20-3-4(15)7(11)16/h4-19H,1-3H2/t4?,5?,6?,7?,8-,9?,10?,11?,12-/m0/s1. The number of hydrogen-bond donors (Lipinski definition) is 7. The second kappa shape index (κ2) is 7.45. The molecule has 0 saturated carbocycles. The SMILES string of the molecule is OCC1OCC(O)C(O)C1O[C@@H]1OC(CO)[C@H](O)C(O)C1O. The van der Waals surface area contributed by atoms with Crippen molar-refractivity contribution in [2.24, 2.45) is 0 Å². The number of hydrogen-bond acceptors (Lipinski definition) is 10. The molecule has 0 bridgehead atoms. The summed E-state index contributed by atoms with van der Waals surface area (Å²) in [6.45, 7) is -1.33. The lowest BCUT2D eigenvalue weighted by Crippen LogP contribution is -2.63. The molecule has 130 valence electrons.